The lowest BCUT2D eigenvalue weighted by molar-refractivity contribution is -0.153. The first-order chi connectivity index (χ1) is 13.9. The molecular weight excluding hydrogens is 374 g/mol. The van der Waals surface area contributed by atoms with Gasteiger partial charge in [-0.3, -0.25) is 5.32 Å². The van der Waals surface area contributed by atoms with Crippen molar-refractivity contribution < 1.29 is 28.9 Å². The summed E-state index contributed by atoms with van der Waals surface area (Å²) >= 11 is 0. The van der Waals surface area contributed by atoms with Gasteiger partial charge in [0.2, 0.25) is 0 Å². The van der Waals surface area contributed by atoms with Crippen molar-refractivity contribution >= 4 is 17.7 Å². The van der Waals surface area contributed by atoms with Crippen molar-refractivity contribution in [3.63, 3.8) is 0 Å². The third kappa shape index (κ3) is 7.46. The van der Waals surface area contributed by atoms with E-state index in [2.05, 4.69) is 5.32 Å². The SMILES string of the molecule is CCOc1ccc(CC(OC(C)C)C(=O)O)cc1COC(=O)Nc1ccccc1. The van der Waals surface area contributed by atoms with Gasteiger partial charge >= 0.3 is 12.1 Å². The van der Waals surface area contributed by atoms with Gasteiger partial charge in [0, 0.05) is 17.7 Å². The van der Waals surface area contributed by atoms with Crippen LogP contribution in [0.15, 0.2) is 48.5 Å². The Hall–Kier alpha value is -3.06. The van der Waals surface area contributed by atoms with Gasteiger partial charge in [-0.1, -0.05) is 24.3 Å². The lowest BCUT2D eigenvalue weighted by Gasteiger charge is -2.18. The lowest BCUT2D eigenvalue weighted by atomic mass is 10.0. The Kier molecular flexibility index (Phi) is 8.48. The summed E-state index contributed by atoms with van der Waals surface area (Å²) in [6.07, 6.45) is -1.55. The van der Waals surface area contributed by atoms with Gasteiger partial charge < -0.3 is 19.3 Å². The van der Waals surface area contributed by atoms with E-state index in [0.717, 1.165) is 5.56 Å². The zero-order chi connectivity index (χ0) is 21.2. The molecule has 2 aromatic rings. The zero-order valence-corrected chi connectivity index (χ0v) is 16.9. The molecule has 1 atom stereocenters. The van der Waals surface area contributed by atoms with Crippen molar-refractivity contribution in [1.29, 1.82) is 0 Å². The summed E-state index contributed by atoms with van der Waals surface area (Å²) in [6, 6.07) is 14.3. The molecule has 0 bridgehead atoms. The number of hydrogen-bond acceptors (Lipinski definition) is 5. The number of nitrogens with one attached hydrogen (secondary N) is 1. The summed E-state index contributed by atoms with van der Waals surface area (Å²) in [5.74, 6) is -0.437. The van der Waals surface area contributed by atoms with Crippen LogP contribution < -0.4 is 10.1 Å². The molecule has 1 amide bonds. The van der Waals surface area contributed by atoms with Crippen LogP contribution in [0, 0.1) is 0 Å². The summed E-state index contributed by atoms with van der Waals surface area (Å²) in [4.78, 5) is 23.5. The highest BCUT2D eigenvalue weighted by atomic mass is 16.5. The number of para-hydroxylation sites is 1. The molecule has 29 heavy (non-hydrogen) atoms. The molecule has 0 radical (unpaired) electrons. The fourth-order valence-corrected chi connectivity index (χ4v) is 2.72. The quantitative estimate of drug-likeness (QED) is 0.618. The molecule has 2 rings (SSSR count). The molecule has 0 aliphatic rings. The first kappa shape index (κ1) is 22.2. The fraction of sp³-hybridized carbons (Fsp3) is 0.364. The molecule has 0 aliphatic carbocycles. The highest BCUT2D eigenvalue weighted by molar-refractivity contribution is 5.84. The van der Waals surface area contributed by atoms with E-state index >= 15 is 0 Å². The molecule has 156 valence electrons. The Balaban J connectivity index is 2.08. The predicted molar refractivity (Wildman–Crippen MR) is 109 cm³/mol. The van der Waals surface area contributed by atoms with Crippen molar-refractivity contribution in [3.8, 4) is 5.75 Å². The number of carboxylic acid groups (broad SMARTS) is 1. The van der Waals surface area contributed by atoms with Crippen LogP contribution in [0.1, 0.15) is 31.9 Å². The number of amides is 1. The van der Waals surface area contributed by atoms with E-state index in [-0.39, 0.29) is 19.1 Å². The van der Waals surface area contributed by atoms with E-state index in [1.807, 2.05) is 25.1 Å². The minimum Gasteiger partial charge on any atom is -0.493 e. The molecular formula is C22H27NO6. The Morgan fingerprint density at radius 1 is 1.10 bits per heavy atom. The second-order valence-corrected chi connectivity index (χ2v) is 6.66. The molecule has 7 heteroatoms. The van der Waals surface area contributed by atoms with Crippen LogP contribution in [0.2, 0.25) is 0 Å². The van der Waals surface area contributed by atoms with Crippen LogP contribution in [0.25, 0.3) is 0 Å². The molecule has 2 N–H and O–H groups in total. The maximum atomic E-state index is 12.1. The maximum absolute atomic E-state index is 12.1. The number of rotatable bonds is 10. The third-order valence-electron chi connectivity index (χ3n) is 3.94. The molecule has 0 spiro atoms. The first-order valence-electron chi connectivity index (χ1n) is 9.50. The molecule has 0 saturated carbocycles. The molecule has 7 nitrogen and oxygen atoms in total. The van der Waals surface area contributed by atoms with Crippen LogP contribution in [-0.4, -0.2) is 36.0 Å². The molecule has 0 saturated heterocycles. The minimum atomic E-state index is -1.02. The van der Waals surface area contributed by atoms with Crippen molar-refractivity contribution in [1.82, 2.24) is 0 Å². The third-order valence-corrected chi connectivity index (χ3v) is 3.94. The number of carbonyl (C=O) groups is 2. The monoisotopic (exact) mass is 401 g/mol. The van der Waals surface area contributed by atoms with Gasteiger partial charge in [0.05, 0.1) is 12.7 Å². The number of carboxylic acids is 1. The second-order valence-electron chi connectivity index (χ2n) is 6.66. The smallest absolute Gasteiger partial charge is 0.411 e. The van der Waals surface area contributed by atoms with E-state index in [1.54, 1.807) is 44.2 Å². The van der Waals surface area contributed by atoms with Crippen LogP contribution in [-0.2, 0) is 27.3 Å². The zero-order valence-electron chi connectivity index (χ0n) is 16.9. The summed E-state index contributed by atoms with van der Waals surface area (Å²) in [5.41, 5.74) is 2.04. The molecule has 0 heterocycles. The number of anilines is 1. The number of hydrogen-bond donors (Lipinski definition) is 2. The minimum absolute atomic E-state index is 0.00931. The molecule has 1 unspecified atom stereocenters. The predicted octanol–water partition coefficient (Wildman–Crippen LogP) is 4.25. The average molecular weight is 401 g/mol. The summed E-state index contributed by atoms with van der Waals surface area (Å²) in [7, 11) is 0. The Morgan fingerprint density at radius 2 is 1.83 bits per heavy atom. The number of aliphatic carboxylic acids is 1. The number of benzene rings is 2. The molecule has 0 fully saturated rings. The Bertz CT molecular complexity index is 806. The maximum Gasteiger partial charge on any atom is 0.411 e. The summed E-state index contributed by atoms with van der Waals surface area (Å²) < 4.78 is 16.4. The van der Waals surface area contributed by atoms with Gasteiger partial charge in [-0.05, 0) is 50.6 Å². The van der Waals surface area contributed by atoms with Gasteiger partial charge in [-0.15, -0.1) is 0 Å². The highest BCUT2D eigenvalue weighted by Gasteiger charge is 2.21. The van der Waals surface area contributed by atoms with Crippen molar-refractivity contribution in [2.45, 2.75) is 46.0 Å². The average Bonchev–Trinajstić information content (AvgIpc) is 2.68. The second kappa shape index (κ2) is 11.1. The highest BCUT2D eigenvalue weighted by Crippen LogP contribution is 2.23. The standard InChI is InChI=1S/C22H27NO6/c1-4-27-19-11-10-16(13-20(21(24)25)29-15(2)3)12-17(19)14-28-22(26)23-18-8-6-5-7-9-18/h5-12,15,20H,4,13-14H2,1-3H3,(H,23,26)(H,24,25). The fourth-order valence-electron chi connectivity index (χ4n) is 2.72. The summed E-state index contributed by atoms with van der Waals surface area (Å²) in [6.45, 7) is 5.89. The molecule has 0 aromatic heterocycles. The summed E-state index contributed by atoms with van der Waals surface area (Å²) in [5, 5.41) is 12.0. The van der Waals surface area contributed by atoms with Gasteiger partial charge in [0.15, 0.2) is 6.10 Å². The van der Waals surface area contributed by atoms with E-state index in [9.17, 15) is 14.7 Å². The Morgan fingerprint density at radius 3 is 2.45 bits per heavy atom. The van der Waals surface area contributed by atoms with Crippen molar-refractivity contribution in [2.24, 2.45) is 0 Å². The van der Waals surface area contributed by atoms with Crippen LogP contribution in [0.3, 0.4) is 0 Å². The van der Waals surface area contributed by atoms with E-state index < -0.39 is 18.2 Å². The van der Waals surface area contributed by atoms with E-state index in [4.69, 9.17) is 14.2 Å². The van der Waals surface area contributed by atoms with Crippen LogP contribution in [0.5, 0.6) is 5.75 Å². The van der Waals surface area contributed by atoms with Gasteiger partial charge in [-0.2, -0.15) is 0 Å². The van der Waals surface area contributed by atoms with E-state index in [0.29, 0.717) is 23.6 Å². The van der Waals surface area contributed by atoms with Crippen molar-refractivity contribution in [3.05, 3.63) is 59.7 Å². The normalized spacial score (nSPS) is 11.7. The molecule has 2 aromatic carbocycles. The topological polar surface area (TPSA) is 94.1 Å². The first-order valence-corrected chi connectivity index (χ1v) is 9.50. The Labute approximate surface area is 170 Å². The van der Waals surface area contributed by atoms with Gasteiger partial charge in [0.25, 0.3) is 0 Å². The largest absolute Gasteiger partial charge is 0.493 e. The van der Waals surface area contributed by atoms with Crippen molar-refractivity contribution in [2.75, 3.05) is 11.9 Å². The number of ether oxygens (including phenoxy) is 3. The van der Waals surface area contributed by atoms with Crippen LogP contribution >= 0.6 is 0 Å². The lowest BCUT2D eigenvalue weighted by Crippen LogP contribution is -2.29. The van der Waals surface area contributed by atoms with E-state index in [1.165, 1.54) is 0 Å². The molecule has 0 aliphatic heterocycles. The number of carbonyl (C=O) groups excluding carboxylic acids is 1. The van der Waals surface area contributed by atoms with Gasteiger partial charge in [0.1, 0.15) is 12.4 Å². The van der Waals surface area contributed by atoms with Gasteiger partial charge in [-0.25, -0.2) is 9.59 Å². The van der Waals surface area contributed by atoms with Crippen LogP contribution in [0.4, 0.5) is 10.5 Å².